The van der Waals surface area contributed by atoms with Crippen LogP contribution in [0.15, 0.2) is 0 Å². The molecule has 0 radical (unpaired) electrons. The molecule has 2 heteroatoms. The average molecular weight is 247 g/mol. The van der Waals surface area contributed by atoms with Crippen molar-refractivity contribution in [1.82, 2.24) is 0 Å². The summed E-state index contributed by atoms with van der Waals surface area (Å²) in [7, 11) is 0. The van der Waals surface area contributed by atoms with E-state index in [1.54, 1.807) is 0 Å². The molecule has 13 heavy (non-hydrogen) atoms. The van der Waals surface area contributed by atoms with Crippen LogP contribution in [0.2, 0.25) is 0 Å². The third kappa shape index (κ3) is 2.95. The van der Waals surface area contributed by atoms with E-state index < -0.39 is 0 Å². The zero-order valence-electron chi connectivity index (χ0n) is 8.18. The maximum absolute atomic E-state index is 5.38. The first-order valence-corrected chi connectivity index (χ1v) is 6.48. The van der Waals surface area contributed by atoms with Gasteiger partial charge in [-0.2, -0.15) is 0 Å². The van der Waals surface area contributed by atoms with Crippen LogP contribution in [0.5, 0.6) is 0 Å². The maximum atomic E-state index is 5.38. The first-order chi connectivity index (χ1) is 6.34. The normalized spacial score (nSPS) is 36.7. The van der Waals surface area contributed by atoms with E-state index in [4.69, 9.17) is 4.74 Å². The predicted octanol–water partition coefficient (Wildman–Crippen LogP) is 3.37. The zero-order chi connectivity index (χ0) is 9.10. The monoisotopic (exact) mass is 246 g/mol. The molecule has 2 unspecified atom stereocenters. The van der Waals surface area contributed by atoms with Crippen LogP contribution in [0.25, 0.3) is 0 Å². The van der Waals surface area contributed by atoms with Gasteiger partial charge in [-0.25, -0.2) is 0 Å². The molecule has 76 valence electrons. The Morgan fingerprint density at radius 2 is 1.77 bits per heavy atom. The molecule has 2 atom stereocenters. The van der Waals surface area contributed by atoms with Crippen LogP contribution < -0.4 is 0 Å². The van der Waals surface area contributed by atoms with Crippen LogP contribution in [0.4, 0.5) is 0 Å². The molecule has 0 aromatic carbocycles. The molecule has 1 aliphatic carbocycles. The van der Waals surface area contributed by atoms with Crippen molar-refractivity contribution in [3.05, 3.63) is 0 Å². The van der Waals surface area contributed by atoms with Gasteiger partial charge >= 0.3 is 0 Å². The highest BCUT2D eigenvalue weighted by Gasteiger charge is 2.25. The molecule has 2 rings (SSSR count). The third-order valence-corrected chi connectivity index (χ3v) is 4.32. The summed E-state index contributed by atoms with van der Waals surface area (Å²) >= 11 is 3.72. The second-order valence-corrected chi connectivity index (χ2v) is 5.86. The smallest absolute Gasteiger partial charge is 0.0468 e. The van der Waals surface area contributed by atoms with Crippen LogP contribution >= 0.6 is 15.9 Å². The van der Waals surface area contributed by atoms with Crippen molar-refractivity contribution in [2.45, 2.75) is 43.4 Å². The lowest BCUT2D eigenvalue weighted by atomic mass is 9.88. The van der Waals surface area contributed by atoms with E-state index in [0.717, 1.165) is 29.9 Å². The summed E-state index contributed by atoms with van der Waals surface area (Å²) in [5, 5.41) is 0. The number of rotatable bonds is 2. The second-order valence-electron chi connectivity index (χ2n) is 4.57. The van der Waals surface area contributed by atoms with Gasteiger partial charge in [0, 0.05) is 18.0 Å². The van der Waals surface area contributed by atoms with Gasteiger partial charge < -0.3 is 4.74 Å². The van der Waals surface area contributed by atoms with Gasteiger partial charge in [0.15, 0.2) is 0 Å². The van der Waals surface area contributed by atoms with Gasteiger partial charge in [-0.05, 0) is 50.4 Å². The number of alkyl halides is 1. The molecule has 0 spiro atoms. The summed E-state index contributed by atoms with van der Waals surface area (Å²) < 4.78 is 5.38. The first kappa shape index (κ1) is 9.97. The quantitative estimate of drug-likeness (QED) is 0.680. The minimum absolute atomic E-state index is 0.817. The summed E-state index contributed by atoms with van der Waals surface area (Å²) in [5.74, 6) is 1.98. The zero-order valence-corrected chi connectivity index (χ0v) is 9.76. The number of hydrogen-bond donors (Lipinski definition) is 0. The van der Waals surface area contributed by atoms with E-state index >= 15 is 0 Å². The Morgan fingerprint density at radius 3 is 2.38 bits per heavy atom. The third-order valence-electron chi connectivity index (χ3n) is 3.48. The van der Waals surface area contributed by atoms with E-state index in [1.807, 2.05) is 0 Å². The van der Waals surface area contributed by atoms with Crippen LogP contribution in [0.3, 0.4) is 0 Å². The summed E-state index contributed by atoms with van der Waals surface area (Å²) in [6.07, 6.45) is 8.34. The SMILES string of the molecule is BrC1CCC(CC2CCOCC2)C1. The molecule has 0 aromatic heterocycles. The minimum Gasteiger partial charge on any atom is -0.381 e. The van der Waals surface area contributed by atoms with Gasteiger partial charge in [0.1, 0.15) is 0 Å². The lowest BCUT2D eigenvalue weighted by molar-refractivity contribution is 0.0589. The molecule has 1 heterocycles. The van der Waals surface area contributed by atoms with Crippen molar-refractivity contribution in [1.29, 1.82) is 0 Å². The Bertz CT molecular complexity index is 151. The van der Waals surface area contributed by atoms with E-state index in [2.05, 4.69) is 15.9 Å². The highest BCUT2D eigenvalue weighted by Crippen LogP contribution is 2.36. The van der Waals surface area contributed by atoms with Crippen LogP contribution in [-0.4, -0.2) is 18.0 Å². The van der Waals surface area contributed by atoms with Crippen molar-refractivity contribution >= 4 is 15.9 Å². The molecule has 1 nitrogen and oxygen atoms in total. The molecular weight excluding hydrogens is 228 g/mol. The maximum Gasteiger partial charge on any atom is 0.0468 e. The topological polar surface area (TPSA) is 9.23 Å². The summed E-state index contributed by atoms with van der Waals surface area (Å²) in [6.45, 7) is 2.02. The fourth-order valence-corrected chi connectivity index (χ4v) is 3.47. The van der Waals surface area contributed by atoms with Crippen molar-refractivity contribution in [3.63, 3.8) is 0 Å². The van der Waals surface area contributed by atoms with Crippen LogP contribution in [-0.2, 0) is 4.74 Å². The standard InChI is InChI=1S/C11H19BrO/c12-11-2-1-10(8-11)7-9-3-5-13-6-4-9/h9-11H,1-8H2. The van der Waals surface area contributed by atoms with Crippen LogP contribution in [0, 0.1) is 11.8 Å². The van der Waals surface area contributed by atoms with Gasteiger partial charge in [-0.3, -0.25) is 0 Å². The lowest BCUT2D eigenvalue weighted by Crippen LogP contribution is -2.17. The van der Waals surface area contributed by atoms with Crippen LogP contribution in [0.1, 0.15) is 38.5 Å². The predicted molar refractivity (Wildman–Crippen MR) is 58.2 cm³/mol. The van der Waals surface area contributed by atoms with Gasteiger partial charge in [0.25, 0.3) is 0 Å². The molecular formula is C11H19BrO. The minimum atomic E-state index is 0.817. The van der Waals surface area contributed by atoms with E-state index in [-0.39, 0.29) is 0 Å². The second kappa shape index (κ2) is 4.79. The summed E-state index contributed by atoms with van der Waals surface area (Å²) in [5.41, 5.74) is 0. The van der Waals surface area contributed by atoms with Gasteiger partial charge in [0.05, 0.1) is 0 Å². The Balaban J connectivity index is 1.71. The number of ether oxygens (including phenoxy) is 1. The summed E-state index contributed by atoms with van der Waals surface area (Å²) in [4.78, 5) is 0.817. The van der Waals surface area contributed by atoms with Gasteiger partial charge in [0.2, 0.25) is 0 Å². The van der Waals surface area contributed by atoms with Crippen molar-refractivity contribution in [2.24, 2.45) is 11.8 Å². The molecule has 1 aliphatic heterocycles. The van der Waals surface area contributed by atoms with E-state index in [9.17, 15) is 0 Å². The fraction of sp³-hybridized carbons (Fsp3) is 1.00. The largest absolute Gasteiger partial charge is 0.381 e. The highest BCUT2D eigenvalue weighted by atomic mass is 79.9. The van der Waals surface area contributed by atoms with Crippen molar-refractivity contribution in [2.75, 3.05) is 13.2 Å². The summed E-state index contributed by atoms with van der Waals surface area (Å²) in [6, 6.07) is 0. The van der Waals surface area contributed by atoms with Gasteiger partial charge in [-0.15, -0.1) is 0 Å². The molecule has 2 fully saturated rings. The molecule has 1 saturated heterocycles. The number of hydrogen-bond acceptors (Lipinski definition) is 1. The molecule has 0 bridgehead atoms. The van der Waals surface area contributed by atoms with E-state index in [0.29, 0.717) is 0 Å². The molecule has 1 saturated carbocycles. The Morgan fingerprint density at radius 1 is 1.00 bits per heavy atom. The molecule has 2 aliphatic rings. The lowest BCUT2D eigenvalue weighted by Gasteiger charge is -2.24. The fourth-order valence-electron chi connectivity index (χ4n) is 2.68. The molecule has 0 amide bonds. The van der Waals surface area contributed by atoms with Gasteiger partial charge in [-0.1, -0.05) is 15.9 Å². The average Bonchev–Trinajstić information content (AvgIpc) is 2.53. The van der Waals surface area contributed by atoms with Crippen molar-refractivity contribution in [3.8, 4) is 0 Å². The highest BCUT2D eigenvalue weighted by molar-refractivity contribution is 9.09. The Labute approximate surface area is 89.4 Å². The number of halogens is 1. The Hall–Kier alpha value is 0.440. The molecule has 0 aromatic rings. The molecule has 0 N–H and O–H groups in total. The first-order valence-electron chi connectivity index (χ1n) is 5.56. The Kier molecular flexibility index (Phi) is 3.67. The van der Waals surface area contributed by atoms with E-state index in [1.165, 1.54) is 38.5 Å². The van der Waals surface area contributed by atoms with Crippen molar-refractivity contribution < 1.29 is 4.74 Å².